The van der Waals surface area contributed by atoms with E-state index in [1.807, 2.05) is 36.4 Å². The molecule has 2 aromatic carbocycles. The number of methoxy groups -OCH3 is 4. The van der Waals surface area contributed by atoms with E-state index in [1.165, 1.54) is 0 Å². The minimum absolute atomic E-state index is 0.0158. The summed E-state index contributed by atoms with van der Waals surface area (Å²) >= 11 is 0. The fourth-order valence-corrected chi connectivity index (χ4v) is 3.78. The minimum atomic E-state index is -0.0158. The van der Waals surface area contributed by atoms with Crippen molar-refractivity contribution in [2.45, 2.75) is 26.1 Å². The Bertz CT molecular complexity index is 723. The van der Waals surface area contributed by atoms with Crippen molar-refractivity contribution in [3.05, 3.63) is 47.5 Å². The van der Waals surface area contributed by atoms with Gasteiger partial charge in [-0.1, -0.05) is 26.0 Å². The summed E-state index contributed by atoms with van der Waals surface area (Å²) in [4.78, 5) is 0. The first-order chi connectivity index (χ1) is 13.0. The van der Waals surface area contributed by atoms with Crippen LogP contribution in [0.3, 0.4) is 0 Å². The van der Waals surface area contributed by atoms with Crippen LogP contribution in [-0.2, 0) is 4.74 Å². The maximum absolute atomic E-state index is 6.51. The second-order valence-electron chi connectivity index (χ2n) is 6.92. The first-order valence-electron chi connectivity index (χ1n) is 9.13. The molecule has 2 aromatic rings. The molecule has 4 atom stereocenters. The molecule has 0 aliphatic carbocycles. The zero-order valence-electron chi connectivity index (χ0n) is 16.8. The van der Waals surface area contributed by atoms with Crippen LogP contribution < -0.4 is 18.9 Å². The van der Waals surface area contributed by atoms with Gasteiger partial charge in [0.2, 0.25) is 0 Å². The molecule has 3 rings (SSSR count). The van der Waals surface area contributed by atoms with Crippen LogP contribution in [0.4, 0.5) is 0 Å². The van der Waals surface area contributed by atoms with Crippen molar-refractivity contribution in [1.82, 2.24) is 0 Å². The molecule has 0 N–H and O–H groups in total. The average molecular weight is 372 g/mol. The SMILES string of the molecule is COc1ccc([C@H]2O[C@@H](c3ccc(OC)c(OC)c3)[C@@H](C)[C@H]2C)cc1OC. The van der Waals surface area contributed by atoms with Crippen molar-refractivity contribution in [2.75, 3.05) is 28.4 Å². The maximum atomic E-state index is 6.51. The summed E-state index contributed by atoms with van der Waals surface area (Å²) in [6.45, 7) is 4.46. The van der Waals surface area contributed by atoms with Crippen molar-refractivity contribution in [1.29, 1.82) is 0 Å². The first-order valence-corrected chi connectivity index (χ1v) is 9.13. The lowest BCUT2D eigenvalue weighted by Crippen LogP contribution is -2.10. The third kappa shape index (κ3) is 3.56. The van der Waals surface area contributed by atoms with E-state index in [1.54, 1.807) is 28.4 Å². The summed E-state index contributed by atoms with van der Waals surface area (Å²) in [6, 6.07) is 12.0. The predicted octanol–water partition coefficient (Wildman–Crippen LogP) is 4.81. The van der Waals surface area contributed by atoms with E-state index in [0.717, 1.165) is 22.6 Å². The molecule has 5 heteroatoms. The van der Waals surface area contributed by atoms with Gasteiger partial charge in [0.05, 0.1) is 40.6 Å². The van der Waals surface area contributed by atoms with Gasteiger partial charge in [0.15, 0.2) is 23.0 Å². The number of hydrogen-bond acceptors (Lipinski definition) is 5. The van der Waals surface area contributed by atoms with Crippen molar-refractivity contribution in [3.63, 3.8) is 0 Å². The highest BCUT2D eigenvalue weighted by atomic mass is 16.5. The van der Waals surface area contributed by atoms with Crippen LogP contribution in [0.25, 0.3) is 0 Å². The van der Waals surface area contributed by atoms with E-state index in [0.29, 0.717) is 23.3 Å². The molecule has 27 heavy (non-hydrogen) atoms. The van der Waals surface area contributed by atoms with E-state index in [4.69, 9.17) is 23.7 Å². The molecule has 146 valence electrons. The molecule has 0 spiro atoms. The van der Waals surface area contributed by atoms with E-state index >= 15 is 0 Å². The molecular formula is C22H28O5. The van der Waals surface area contributed by atoms with Crippen molar-refractivity contribution in [3.8, 4) is 23.0 Å². The van der Waals surface area contributed by atoms with Gasteiger partial charge in [-0.05, 0) is 47.2 Å². The Morgan fingerprint density at radius 1 is 0.593 bits per heavy atom. The van der Waals surface area contributed by atoms with Crippen molar-refractivity contribution in [2.24, 2.45) is 11.8 Å². The highest BCUT2D eigenvalue weighted by Gasteiger charge is 2.41. The number of rotatable bonds is 6. The van der Waals surface area contributed by atoms with E-state index in [9.17, 15) is 0 Å². The first kappa shape index (κ1) is 19.4. The highest BCUT2D eigenvalue weighted by molar-refractivity contribution is 5.45. The molecule has 0 saturated carbocycles. The lowest BCUT2D eigenvalue weighted by Gasteiger charge is -2.18. The van der Waals surface area contributed by atoms with Crippen molar-refractivity contribution >= 4 is 0 Å². The summed E-state index contributed by atoms with van der Waals surface area (Å²) in [6.07, 6.45) is -0.0317. The van der Waals surface area contributed by atoms with E-state index in [-0.39, 0.29) is 12.2 Å². The third-order valence-electron chi connectivity index (χ3n) is 5.55. The monoisotopic (exact) mass is 372 g/mol. The van der Waals surface area contributed by atoms with Gasteiger partial charge >= 0.3 is 0 Å². The lowest BCUT2D eigenvalue weighted by atomic mass is 9.85. The molecule has 0 amide bonds. The Kier molecular flexibility index (Phi) is 5.80. The minimum Gasteiger partial charge on any atom is -0.493 e. The zero-order valence-corrected chi connectivity index (χ0v) is 16.8. The fraction of sp³-hybridized carbons (Fsp3) is 0.455. The zero-order chi connectivity index (χ0) is 19.6. The van der Waals surface area contributed by atoms with Crippen LogP contribution in [0.5, 0.6) is 23.0 Å². The third-order valence-corrected chi connectivity index (χ3v) is 5.55. The summed E-state index contributed by atoms with van der Waals surface area (Å²) in [7, 11) is 6.58. The molecule has 1 heterocycles. The number of ether oxygens (including phenoxy) is 5. The van der Waals surface area contributed by atoms with E-state index in [2.05, 4.69) is 13.8 Å². The average Bonchev–Trinajstić information content (AvgIpc) is 3.01. The smallest absolute Gasteiger partial charge is 0.161 e. The second kappa shape index (κ2) is 8.09. The Hall–Kier alpha value is -2.40. The molecule has 1 saturated heterocycles. The van der Waals surface area contributed by atoms with Crippen LogP contribution in [0.15, 0.2) is 36.4 Å². The van der Waals surface area contributed by atoms with Gasteiger partial charge in [-0.2, -0.15) is 0 Å². The molecule has 1 fully saturated rings. The molecule has 0 unspecified atom stereocenters. The fourth-order valence-electron chi connectivity index (χ4n) is 3.78. The maximum Gasteiger partial charge on any atom is 0.161 e. The summed E-state index contributed by atoms with van der Waals surface area (Å²) in [5, 5.41) is 0. The Labute approximate surface area is 161 Å². The van der Waals surface area contributed by atoms with Crippen LogP contribution in [0.1, 0.15) is 37.2 Å². The number of benzene rings is 2. The largest absolute Gasteiger partial charge is 0.493 e. The lowest BCUT2D eigenvalue weighted by molar-refractivity contribution is 0.0288. The van der Waals surface area contributed by atoms with Gasteiger partial charge in [-0.15, -0.1) is 0 Å². The van der Waals surface area contributed by atoms with Crippen LogP contribution in [0.2, 0.25) is 0 Å². The van der Waals surface area contributed by atoms with Crippen LogP contribution in [-0.4, -0.2) is 28.4 Å². The summed E-state index contributed by atoms with van der Waals surface area (Å²) in [5.41, 5.74) is 2.19. The standard InChI is InChI=1S/C22H28O5/c1-13-14(2)22(16-8-10-18(24-4)20(12-16)26-6)27-21(13)15-7-9-17(23-3)19(11-15)25-5/h7-14,21-22H,1-6H3/t13-,14+,21+,22-. The molecule has 1 aliphatic heterocycles. The summed E-state index contributed by atoms with van der Waals surface area (Å²) in [5.74, 6) is 3.57. The van der Waals surface area contributed by atoms with Gasteiger partial charge in [0, 0.05) is 0 Å². The number of hydrogen-bond donors (Lipinski definition) is 0. The Balaban J connectivity index is 1.90. The Morgan fingerprint density at radius 3 is 1.30 bits per heavy atom. The normalized spacial score (nSPS) is 24.5. The molecular weight excluding hydrogens is 344 g/mol. The topological polar surface area (TPSA) is 46.2 Å². The predicted molar refractivity (Wildman–Crippen MR) is 104 cm³/mol. The van der Waals surface area contributed by atoms with Crippen LogP contribution >= 0.6 is 0 Å². The molecule has 0 aromatic heterocycles. The quantitative estimate of drug-likeness (QED) is 0.728. The van der Waals surface area contributed by atoms with Gasteiger partial charge < -0.3 is 23.7 Å². The molecule has 0 radical (unpaired) electrons. The second-order valence-corrected chi connectivity index (χ2v) is 6.92. The van der Waals surface area contributed by atoms with Crippen molar-refractivity contribution < 1.29 is 23.7 Å². The van der Waals surface area contributed by atoms with Gasteiger partial charge in [0.1, 0.15) is 0 Å². The molecule has 5 nitrogen and oxygen atoms in total. The highest BCUT2D eigenvalue weighted by Crippen LogP contribution is 2.50. The summed E-state index contributed by atoms with van der Waals surface area (Å²) < 4.78 is 28.1. The van der Waals surface area contributed by atoms with E-state index < -0.39 is 0 Å². The van der Waals surface area contributed by atoms with Crippen LogP contribution in [0, 0.1) is 11.8 Å². The van der Waals surface area contributed by atoms with Gasteiger partial charge in [-0.3, -0.25) is 0 Å². The Morgan fingerprint density at radius 2 is 0.963 bits per heavy atom. The molecule has 0 bridgehead atoms. The molecule has 1 aliphatic rings. The van der Waals surface area contributed by atoms with Gasteiger partial charge in [-0.25, -0.2) is 0 Å². The van der Waals surface area contributed by atoms with Gasteiger partial charge in [0.25, 0.3) is 0 Å².